The molecular weight excluding hydrogens is 290 g/mol. The largest absolute Gasteiger partial charge is 0.396 e. The normalized spacial score (nSPS) is 11.4. The highest BCUT2D eigenvalue weighted by Crippen LogP contribution is 2.26. The van der Waals surface area contributed by atoms with E-state index in [9.17, 15) is 13.2 Å². The number of hydrogen-bond donors (Lipinski definition) is 3. The lowest BCUT2D eigenvalue weighted by atomic mass is 10.2. The molecule has 0 radical (unpaired) electrons. The lowest BCUT2D eigenvalue weighted by Crippen LogP contribution is -2.28. The maximum atomic E-state index is 11.6. The Balaban J connectivity index is 2.59. The first kappa shape index (κ1) is 17.3. The van der Waals surface area contributed by atoms with Crippen molar-refractivity contribution in [2.45, 2.75) is 25.2 Å². The zero-order chi connectivity index (χ0) is 16.0. The maximum Gasteiger partial charge on any atom is 0.221 e. The Morgan fingerprint density at radius 1 is 1.33 bits per heavy atom. The molecule has 0 spiro atoms. The molecule has 0 fully saturated rings. The van der Waals surface area contributed by atoms with Crippen molar-refractivity contribution < 1.29 is 13.2 Å². The van der Waals surface area contributed by atoms with E-state index in [-0.39, 0.29) is 16.5 Å². The van der Waals surface area contributed by atoms with Crippen molar-refractivity contribution in [2.75, 3.05) is 30.4 Å². The summed E-state index contributed by atoms with van der Waals surface area (Å²) in [6.45, 7) is 5.08. The lowest BCUT2D eigenvalue weighted by Gasteiger charge is -2.12. The van der Waals surface area contributed by atoms with Gasteiger partial charge in [-0.05, 0) is 18.1 Å². The van der Waals surface area contributed by atoms with Crippen LogP contribution in [-0.4, -0.2) is 33.7 Å². The summed E-state index contributed by atoms with van der Waals surface area (Å²) < 4.78 is 23.1. The average molecular weight is 313 g/mol. The summed E-state index contributed by atoms with van der Waals surface area (Å²) >= 11 is 0. The van der Waals surface area contributed by atoms with Gasteiger partial charge in [0, 0.05) is 25.8 Å². The summed E-state index contributed by atoms with van der Waals surface area (Å²) in [6, 6.07) is 4.77. The van der Waals surface area contributed by atoms with Gasteiger partial charge in [0.1, 0.15) is 0 Å². The van der Waals surface area contributed by atoms with Gasteiger partial charge >= 0.3 is 0 Å². The Labute approximate surface area is 126 Å². The van der Waals surface area contributed by atoms with Crippen LogP contribution < -0.4 is 16.4 Å². The fraction of sp³-hybridized carbons (Fsp3) is 0.500. The van der Waals surface area contributed by atoms with Gasteiger partial charge in [0.25, 0.3) is 0 Å². The fourth-order valence-electron chi connectivity index (χ4n) is 1.74. The van der Waals surface area contributed by atoms with Gasteiger partial charge in [-0.15, -0.1) is 0 Å². The average Bonchev–Trinajstić information content (AvgIpc) is 2.37. The molecule has 0 atom stereocenters. The van der Waals surface area contributed by atoms with E-state index in [2.05, 4.69) is 10.6 Å². The molecule has 21 heavy (non-hydrogen) atoms. The number of nitrogens with one attached hydrogen (secondary N) is 2. The molecule has 0 aromatic heterocycles. The first-order valence-corrected chi connectivity index (χ1v) is 8.70. The van der Waals surface area contributed by atoms with Crippen molar-refractivity contribution >= 4 is 27.1 Å². The van der Waals surface area contributed by atoms with Gasteiger partial charge in [0.05, 0.1) is 16.3 Å². The number of para-hydroxylation sites is 1. The molecule has 0 aliphatic carbocycles. The third-order valence-corrected chi connectivity index (χ3v) is 4.00. The number of carbonyl (C=O) groups excluding carboxylic acids is 1. The van der Waals surface area contributed by atoms with Crippen molar-refractivity contribution in [1.82, 2.24) is 5.32 Å². The smallest absolute Gasteiger partial charge is 0.221 e. The number of anilines is 2. The summed E-state index contributed by atoms with van der Waals surface area (Å²) in [5.74, 6) is 0.359. The first-order valence-electron chi connectivity index (χ1n) is 6.81. The molecule has 0 saturated carbocycles. The van der Waals surface area contributed by atoms with Crippen molar-refractivity contribution in [2.24, 2.45) is 5.92 Å². The van der Waals surface area contributed by atoms with Crippen molar-refractivity contribution in [1.29, 1.82) is 0 Å². The highest BCUT2D eigenvalue weighted by molar-refractivity contribution is 7.90. The Morgan fingerprint density at radius 2 is 2.00 bits per heavy atom. The first-order chi connectivity index (χ1) is 9.71. The predicted molar refractivity (Wildman–Crippen MR) is 84.9 cm³/mol. The van der Waals surface area contributed by atoms with E-state index >= 15 is 0 Å². The van der Waals surface area contributed by atoms with E-state index in [1.165, 1.54) is 6.07 Å². The number of nitrogen functional groups attached to an aromatic ring is 1. The molecule has 7 heteroatoms. The van der Waals surface area contributed by atoms with Gasteiger partial charge in [0.2, 0.25) is 5.91 Å². The Hall–Kier alpha value is -1.76. The molecule has 1 aromatic rings. The van der Waals surface area contributed by atoms with Gasteiger partial charge in [-0.2, -0.15) is 0 Å². The molecule has 0 saturated heterocycles. The van der Waals surface area contributed by atoms with Crippen LogP contribution in [0.2, 0.25) is 0 Å². The number of hydrogen-bond acceptors (Lipinski definition) is 5. The van der Waals surface area contributed by atoms with E-state index in [0.717, 1.165) is 6.26 Å². The Kier molecular flexibility index (Phi) is 6.02. The zero-order valence-electron chi connectivity index (χ0n) is 12.6. The molecule has 118 valence electrons. The Bertz CT molecular complexity index is 597. The molecule has 0 heterocycles. The standard InChI is InChI=1S/C14H23N3O3S/c1-10(2)9-17-13(18)7-8-16-11-5-4-6-12(14(11)15)21(3,19)20/h4-6,10,16H,7-9,15H2,1-3H3,(H,17,18). The number of rotatable bonds is 7. The molecule has 1 aromatic carbocycles. The third kappa shape index (κ3) is 5.63. The summed E-state index contributed by atoms with van der Waals surface area (Å²) in [7, 11) is -3.36. The topological polar surface area (TPSA) is 101 Å². The predicted octanol–water partition coefficient (Wildman–Crippen LogP) is 1.25. The van der Waals surface area contributed by atoms with E-state index in [0.29, 0.717) is 31.1 Å². The summed E-state index contributed by atoms with van der Waals surface area (Å²) in [4.78, 5) is 11.7. The van der Waals surface area contributed by atoms with Crippen LogP contribution in [0.15, 0.2) is 23.1 Å². The molecule has 1 rings (SSSR count). The quantitative estimate of drug-likeness (QED) is 0.658. The van der Waals surface area contributed by atoms with Crippen molar-refractivity contribution in [3.05, 3.63) is 18.2 Å². The Morgan fingerprint density at radius 3 is 2.57 bits per heavy atom. The second-order valence-electron chi connectivity index (χ2n) is 5.36. The molecular formula is C14H23N3O3S. The van der Waals surface area contributed by atoms with Crippen molar-refractivity contribution in [3.63, 3.8) is 0 Å². The van der Waals surface area contributed by atoms with Crippen LogP contribution in [0.25, 0.3) is 0 Å². The number of benzene rings is 1. The summed E-state index contributed by atoms with van der Waals surface area (Å²) in [6.07, 6.45) is 1.41. The molecule has 0 aliphatic rings. The molecule has 1 amide bonds. The minimum absolute atomic E-state index is 0.0472. The van der Waals surface area contributed by atoms with E-state index < -0.39 is 9.84 Å². The number of amides is 1. The fourth-order valence-corrected chi connectivity index (χ4v) is 2.57. The monoisotopic (exact) mass is 313 g/mol. The minimum Gasteiger partial charge on any atom is -0.396 e. The molecule has 0 bridgehead atoms. The summed E-state index contributed by atoms with van der Waals surface area (Å²) in [5.41, 5.74) is 6.55. The van der Waals surface area contributed by atoms with Crippen LogP contribution in [0.4, 0.5) is 11.4 Å². The molecule has 6 nitrogen and oxygen atoms in total. The van der Waals surface area contributed by atoms with Crippen LogP contribution in [0.5, 0.6) is 0 Å². The van der Waals surface area contributed by atoms with E-state index in [1.54, 1.807) is 12.1 Å². The number of nitrogens with two attached hydrogens (primary N) is 1. The molecule has 4 N–H and O–H groups in total. The zero-order valence-corrected chi connectivity index (χ0v) is 13.5. The van der Waals surface area contributed by atoms with Crippen molar-refractivity contribution in [3.8, 4) is 0 Å². The third-order valence-electron chi connectivity index (χ3n) is 2.84. The van der Waals surface area contributed by atoms with E-state index in [4.69, 9.17) is 5.73 Å². The summed E-state index contributed by atoms with van der Waals surface area (Å²) in [5, 5.41) is 5.81. The highest BCUT2D eigenvalue weighted by Gasteiger charge is 2.14. The van der Waals surface area contributed by atoms with Crippen LogP contribution in [0.3, 0.4) is 0 Å². The van der Waals surface area contributed by atoms with Crippen LogP contribution in [0, 0.1) is 5.92 Å². The van der Waals surface area contributed by atoms with E-state index in [1.807, 2.05) is 13.8 Å². The van der Waals surface area contributed by atoms with Crippen LogP contribution >= 0.6 is 0 Å². The lowest BCUT2D eigenvalue weighted by molar-refractivity contribution is -0.120. The van der Waals surface area contributed by atoms with Gasteiger partial charge in [-0.3, -0.25) is 4.79 Å². The highest BCUT2D eigenvalue weighted by atomic mass is 32.2. The molecule has 0 aliphatic heterocycles. The van der Waals surface area contributed by atoms with Gasteiger partial charge in [-0.1, -0.05) is 19.9 Å². The molecule has 0 unspecified atom stereocenters. The minimum atomic E-state index is -3.36. The van der Waals surface area contributed by atoms with Crippen LogP contribution in [-0.2, 0) is 14.6 Å². The van der Waals surface area contributed by atoms with Gasteiger partial charge in [-0.25, -0.2) is 8.42 Å². The number of carbonyl (C=O) groups is 1. The van der Waals surface area contributed by atoms with Crippen LogP contribution in [0.1, 0.15) is 20.3 Å². The number of sulfone groups is 1. The SMILES string of the molecule is CC(C)CNC(=O)CCNc1cccc(S(C)(=O)=O)c1N. The maximum absolute atomic E-state index is 11.6. The van der Waals surface area contributed by atoms with Gasteiger partial charge in [0.15, 0.2) is 9.84 Å². The second kappa shape index (κ2) is 7.31. The van der Waals surface area contributed by atoms with Gasteiger partial charge < -0.3 is 16.4 Å². The second-order valence-corrected chi connectivity index (χ2v) is 7.35.